The van der Waals surface area contributed by atoms with Crippen LogP contribution in [0.25, 0.3) is 0 Å². The predicted octanol–water partition coefficient (Wildman–Crippen LogP) is 7.28. The first-order chi connectivity index (χ1) is 15.0. The number of carbonyl (C=O) groups excluding carboxylic acids is 1. The first kappa shape index (κ1) is 33.0. The third-order valence-corrected chi connectivity index (χ3v) is 4.30. The smallest absolute Gasteiger partial charge is 0.452 e. The van der Waals surface area contributed by atoms with Crippen molar-refractivity contribution in [1.29, 1.82) is 0 Å². The summed E-state index contributed by atoms with van der Waals surface area (Å²) in [6, 6.07) is 0. The van der Waals surface area contributed by atoms with Gasteiger partial charge in [-0.1, -0.05) is 19.9 Å². The van der Waals surface area contributed by atoms with E-state index < -0.39 is 78.1 Å². The number of rotatable bonds is 11. The molecule has 0 fully saturated rings. The summed E-state index contributed by atoms with van der Waals surface area (Å²) in [5.41, 5.74) is -0.858. The highest BCUT2D eigenvalue weighted by Crippen LogP contribution is 2.64. The fraction of sp³-hybridized carbons (Fsp3) is 0.812. The van der Waals surface area contributed by atoms with Crippen LogP contribution >= 0.6 is 0 Å². The first-order valence-electron chi connectivity index (χ1n) is 8.61. The third kappa shape index (κ3) is 4.74. The molecule has 0 amide bonds. The van der Waals surface area contributed by atoms with E-state index in [1.165, 1.54) is 0 Å². The Morgan fingerprint density at radius 2 is 0.971 bits per heavy atom. The number of halogens is 17. The fourth-order valence-electron chi connectivity index (χ4n) is 2.18. The Hall–Kier alpha value is -1.98. The van der Waals surface area contributed by atoms with E-state index in [0.29, 0.717) is 6.92 Å². The lowest BCUT2D eigenvalue weighted by Crippen LogP contribution is -2.75. The van der Waals surface area contributed by atoms with Crippen LogP contribution in [0, 0.1) is 0 Å². The second-order valence-corrected chi connectivity index (χ2v) is 7.03. The van der Waals surface area contributed by atoms with Crippen LogP contribution in [0.4, 0.5) is 74.6 Å². The minimum atomic E-state index is -8.71. The zero-order chi connectivity index (χ0) is 28.9. The minimum absolute atomic E-state index is 0.688. The molecule has 0 heterocycles. The van der Waals surface area contributed by atoms with Gasteiger partial charge >= 0.3 is 53.6 Å². The van der Waals surface area contributed by atoms with E-state index in [1.54, 1.807) is 0 Å². The van der Waals surface area contributed by atoms with Crippen molar-refractivity contribution in [2.24, 2.45) is 0 Å². The predicted molar refractivity (Wildman–Crippen MR) is 80.3 cm³/mol. The highest BCUT2D eigenvalue weighted by molar-refractivity contribution is 5.87. The quantitative estimate of drug-likeness (QED) is 0.151. The summed E-state index contributed by atoms with van der Waals surface area (Å²) in [5.74, 6) is -59.4. The molecule has 0 saturated heterocycles. The van der Waals surface area contributed by atoms with Crippen molar-refractivity contribution >= 4 is 5.97 Å². The van der Waals surface area contributed by atoms with E-state index >= 15 is 0 Å². The normalized spacial score (nSPS) is 16.2. The summed E-state index contributed by atoms with van der Waals surface area (Å²) in [4.78, 5) is 11.3. The minimum Gasteiger partial charge on any atom is -0.452 e. The highest BCUT2D eigenvalue weighted by Gasteiger charge is 2.95. The van der Waals surface area contributed by atoms with Gasteiger partial charge in [0.2, 0.25) is 0 Å². The molecule has 0 saturated carbocycles. The molecule has 0 rings (SSSR count). The fourth-order valence-corrected chi connectivity index (χ4v) is 2.18. The van der Waals surface area contributed by atoms with E-state index in [0.717, 1.165) is 6.92 Å². The Morgan fingerprint density at radius 1 is 0.657 bits per heavy atom. The molecule has 1 atom stereocenters. The maximum atomic E-state index is 14.2. The topological polar surface area (TPSA) is 26.3 Å². The third-order valence-electron chi connectivity index (χ3n) is 4.30. The van der Waals surface area contributed by atoms with Crippen LogP contribution in [0.5, 0.6) is 0 Å². The molecule has 0 aromatic rings. The Bertz CT molecular complexity index is 796. The van der Waals surface area contributed by atoms with Crippen LogP contribution in [0.1, 0.15) is 26.7 Å². The van der Waals surface area contributed by atoms with Gasteiger partial charge in [-0.25, -0.2) is 4.79 Å². The molecule has 208 valence electrons. The summed E-state index contributed by atoms with van der Waals surface area (Å²) in [6.07, 6.45) is -14.0. The van der Waals surface area contributed by atoms with Crippen LogP contribution < -0.4 is 0 Å². The maximum absolute atomic E-state index is 14.2. The largest absolute Gasteiger partial charge is 0.460 e. The van der Waals surface area contributed by atoms with Gasteiger partial charge in [0, 0.05) is 5.57 Å². The van der Waals surface area contributed by atoms with Gasteiger partial charge in [-0.3, -0.25) is 0 Å². The van der Waals surface area contributed by atoms with Crippen molar-refractivity contribution in [3.05, 3.63) is 12.2 Å². The lowest BCUT2D eigenvalue weighted by atomic mass is 9.87. The van der Waals surface area contributed by atoms with E-state index in [-0.39, 0.29) is 0 Å². The van der Waals surface area contributed by atoms with E-state index in [2.05, 4.69) is 11.3 Å². The Morgan fingerprint density at radius 3 is 1.26 bits per heavy atom. The van der Waals surface area contributed by atoms with Crippen molar-refractivity contribution in [1.82, 2.24) is 0 Å². The van der Waals surface area contributed by atoms with Gasteiger partial charge < -0.3 is 4.74 Å². The summed E-state index contributed by atoms with van der Waals surface area (Å²) in [5, 5.41) is 0. The molecule has 35 heavy (non-hydrogen) atoms. The summed E-state index contributed by atoms with van der Waals surface area (Å²) in [6.45, 7) is 4.31. The van der Waals surface area contributed by atoms with Gasteiger partial charge in [-0.15, -0.1) is 0 Å². The lowest BCUT2D eigenvalue weighted by Gasteiger charge is -2.43. The van der Waals surface area contributed by atoms with Gasteiger partial charge in [0.25, 0.3) is 0 Å². The monoisotopic (exact) mass is 560 g/mol. The molecule has 0 aromatic heterocycles. The molecule has 0 radical (unpaired) electrons. The van der Waals surface area contributed by atoms with Crippen molar-refractivity contribution in [3.63, 3.8) is 0 Å². The second-order valence-electron chi connectivity index (χ2n) is 7.03. The zero-order valence-electron chi connectivity index (χ0n) is 16.9. The van der Waals surface area contributed by atoms with Crippen molar-refractivity contribution < 1.29 is 84.2 Å². The van der Waals surface area contributed by atoms with Crippen LogP contribution in [0.3, 0.4) is 0 Å². The average Bonchev–Trinajstić information content (AvgIpc) is 2.65. The number of alkyl halides is 17. The number of hydrogen-bond acceptors (Lipinski definition) is 2. The molecule has 0 aromatic carbocycles. The number of ether oxygens (including phenoxy) is 1. The number of hydrogen-bond donors (Lipinski definition) is 0. The highest BCUT2D eigenvalue weighted by atomic mass is 19.4. The first-order valence-corrected chi connectivity index (χ1v) is 8.61. The molecular weight excluding hydrogens is 547 g/mol. The summed E-state index contributed by atoms with van der Waals surface area (Å²) in [7, 11) is 0. The zero-order valence-corrected chi connectivity index (χ0v) is 16.9. The van der Waals surface area contributed by atoms with E-state index in [4.69, 9.17) is 0 Å². The van der Waals surface area contributed by atoms with Gasteiger partial charge in [0.1, 0.15) is 0 Å². The molecular formula is C16H13F17O2. The van der Waals surface area contributed by atoms with Gasteiger partial charge in [-0.05, 0) is 13.3 Å². The van der Waals surface area contributed by atoms with Crippen LogP contribution in [0.15, 0.2) is 12.2 Å². The van der Waals surface area contributed by atoms with Crippen LogP contribution in [-0.2, 0) is 9.53 Å². The number of carbonyl (C=O) groups is 1. The van der Waals surface area contributed by atoms with Crippen LogP contribution in [-0.4, -0.2) is 59.7 Å². The average molecular weight is 560 g/mol. The molecule has 0 aliphatic rings. The molecule has 0 aliphatic heterocycles. The molecule has 19 heteroatoms. The molecule has 2 nitrogen and oxygen atoms in total. The Labute approximate surface area is 184 Å². The maximum Gasteiger partial charge on any atom is 0.460 e. The van der Waals surface area contributed by atoms with Gasteiger partial charge in [0.15, 0.2) is 6.10 Å². The molecule has 0 bridgehead atoms. The van der Waals surface area contributed by atoms with Gasteiger partial charge in [0.05, 0.1) is 0 Å². The molecule has 1 unspecified atom stereocenters. The molecule has 0 spiro atoms. The van der Waals surface area contributed by atoms with Crippen LogP contribution in [0.2, 0.25) is 0 Å². The van der Waals surface area contributed by atoms with Crippen molar-refractivity contribution in [2.45, 2.75) is 80.4 Å². The standard InChI is InChI=1S/C16H13F17O2/c1-4-5-7(35-8(34)6(2)3)9(17,18)10(19,20)11(21,22)12(23,24)13(25,26)14(27,28)15(29,30)16(31,32)33/h7H,2,4-5H2,1,3H3. The SMILES string of the molecule is C=C(C)C(=O)OC(CCC)C(F)(F)C(F)(F)C(F)(F)C(F)(F)C(F)(F)C(F)(F)C(F)(F)C(F)(F)F. The summed E-state index contributed by atoms with van der Waals surface area (Å²) < 4.78 is 230. The number of esters is 1. The summed E-state index contributed by atoms with van der Waals surface area (Å²) >= 11 is 0. The van der Waals surface area contributed by atoms with Crippen molar-refractivity contribution in [3.8, 4) is 0 Å². The Kier molecular flexibility index (Phi) is 8.63. The molecule has 0 aliphatic carbocycles. The van der Waals surface area contributed by atoms with E-state index in [9.17, 15) is 79.4 Å². The van der Waals surface area contributed by atoms with Crippen molar-refractivity contribution in [2.75, 3.05) is 0 Å². The molecule has 0 N–H and O–H groups in total. The van der Waals surface area contributed by atoms with E-state index in [1.807, 2.05) is 0 Å². The Balaban J connectivity index is 6.87. The van der Waals surface area contributed by atoms with Gasteiger partial charge in [-0.2, -0.15) is 74.6 Å². The second kappa shape index (κ2) is 9.15. The lowest BCUT2D eigenvalue weighted by molar-refractivity contribution is -0.464.